The van der Waals surface area contributed by atoms with Gasteiger partial charge in [0, 0.05) is 26.8 Å². The zero-order chi connectivity index (χ0) is 16.2. The molecule has 0 saturated carbocycles. The number of hydrogen-bond acceptors (Lipinski definition) is 3. The van der Waals surface area contributed by atoms with E-state index in [-0.39, 0.29) is 11.9 Å². The number of rotatable bonds is 4. The van der Waals surface area contributed by atoms with Crippen LogP contribution < -0.4 is 5.32 Å². The second-order valence-electron chi connectivity index (χ2n) is 4.87. The number of halogens is 2. The molecule has 23 heavy (non-hydrogen) atoms. The lowest BCUT2D eigenvalue weighted by Crippen LogP contribution is -2.28. The summed E-state index contributed by atoms with van der Waals surface area (Å²) < 4.78 is 0.768. The molecule has 2 aromatic heterocycles. The van der Waals surface area contributed by atoms with E-state index >= 15 is 0 Å². The Morgan fingerprint density at radius 1 is 1.22 bits per heavy atom. The highest BCUT2D eigenvalue weighted by Gasteiger charge is 2.19. The van der Waals surface area contributed by atoms with Crippen molar-refractivity contribution in [1.29, 1.82) is 0 Å². The van der Waals surface area contributed by atoms with Gasteiger partial charge in [0.1, 0.15) is 0 Å². The quantitative estimate of drug-likeness (QED) is 0.655. The average Bonchev–Trinajstić information content (AvgIpc) is 3.07. The number of carbonyl (C=O) groups is 1. The minimum atomic E-state index is -0.223. The summed E-state index contributed by atoms with van der Waals surface area (Å²) in [6.45, 7) is 0. The summed E-state index contributed by atoms with van der Waals surface area (Å²) in [7, 11) is 0. The third kappa shape index (κ3) is 3.99. The number of hydrogen-bond donors (Lipinski definition) is 1. The molecule has 6 heteroatoms. The highest BCUT2D eigenvalue weighted by Crippen LogP contribution is 2.27. The summed E-state index contributed by atoms with van der Waals surface area (Å²) in [5, 5.41) is 5.73. The first-order valence-electron chi connectivity index (χ1n) is 6.84. The van der Waals surface area contributed by atoms with Gasteiger partial charge in [-0.15, -0.1) is 11.3 Å². The number of thiophene rings is 1. The number of nitrogens with zero attached hydrogens (tertiary/aromatic N) is 1. The van der Waals surface area contributed by atoms with Crippen molar-refractivity contribution in [2.24, 2.45) is 0 Å². The lowest BCUT2D eigenvalue weighted by atomic mass is 10.0. The normalized spacial score (nSPS) is 11.9. The predicted molar refractivity (Wildman–Crippen MR) is 97.0 cm³/mol. The minimum Gasteiger partial charge on any atom is -0.340 e. The molecule has 0 radical (unpaired) electrons. The molecule has 0 spiro atoms. The number of benzene rings is 1. The van der Waals surface area contributed by atoms with Crippen LogP contribution in [0.25, 0.3) is 0 Å². The first-order chi connectivity index (χ1) is 11.1. The largest absolute Gasteiger partial charge is 0.340 e. The van der Waals surface area contributed by atoms with Gasteiger partial charge in [0.15, 0.2) is 0 Å². The molecular weight excluding hydrogens is 396 g/mol. The molecule has 0 aliphatic heterocycles. The van der Waals surface area contributed by atoms with E-state index in [2.05, 4.69) is 26.2 Å². The first-order valence-corrected chi connectivity index (χ1v) is 8.89. The SMILES string of the molecule is O=C(NC(c1ccc(Cl)cc1)c1cccs1)c1cncc(Br)c1. The molecule has 3 aromatic rings. The van der Waals surface area contributed by atoms with E-state index in [1.807, 2.05) is 41.8 Å². The molecule has 0 aliphatic carbocycles. The number of nitrogens with one attached hydrogen (secondary N) is 1. The highest BCUT2D eigenvalue weighted by molar-refractivity contribution is 9.10. The number of aromatic nitrogens is 1. The van der Waals surface area contributed by atoms with E-state index in [0.717, 1.165) is 14.9 Å². The van der Waals surface area contributed by atoms with Gasteiger partial charge in [-0.1, -0.05) is 29.8 Å². The molecule has 1 aromatic carbocycles. The van der Waals surface area contributed by atoms with E-state index in [0.29, 0.717) is 10.6 Å². The van der Waals surface area contributed by atoms with Gasteiger partial charge in [0.2, 0.25) is 0 Å². The van der Waals surface area contributed by atoms with Crippen LogP contribution in [-0.2, 0) is 0 Å². The van der Waals surface area contributed by atoms with Crippen molar-refractivity contribution in [2.45, 2.75) is 6.04 Å². The summed E-state index contributed by atoms with van der Waals surface area (Å²) in [5.41, 5.74) is 1.49. The lowest BCUT2D eigenvalue weighted by molar-refractivity contribution is 0.0943. The van der Waals surface area contributed by atoms with Crippen LogP contribution in [0.5, 0.6) is 0 Å². The molecule has 0 fully saturated rings. The van der Waals surface area contributed by atoms with Crippen LogP contribution in [0, 0.1) is 0 Å². The van der Waals surface area contributed by atoms with Gasteiger partial charge in [-0.25, -0.2) is 0 Å². The fourth-order valence-electron chi connectivity index (χ4n) is 2.18. The summed E-state index contributed by atoms with van der Waals surface area (Å²) in [4.78, 5) is 17.6. The van der Waals surface area contributed by atoms with Gasteiger partial charge in [-0.05, 0) is 51.1 Å². The zero-order valence-electron chi connectivity index (χ0n) is 11.9. The van der Waals surface area contributed by atoms with Crippen molar-refractivity contribution in [3.63, 3.8) is 0 Å². The molecule has 1 atom stereocenters. The van der Waals surface area contributed by atoms with Crippen LogP contribution in [0.4, 0.5) is 0 Å². The van der Waals surface area contributed by atoms with Crippen molar-refractivity contribution < 1.29 is 4.79 Å². The van der Waals surface area contributed by atoms with Gasteiger partial charge in [-0.2, -0.15) is 0 Å². The number of amides is 1. The molecule has 3 nitrogen and oxygen atoms in total. The third-order valence-corrected chi connectivity index (χ3v) is 4.90. The summed E-state index contributed by atoms with van der Waals surface area (Å²) >= 11 is 10.9. The average molecular weight is 408 g/mol. The molecule has 0 aliphatic rings. The number of carbonyl (C=O) groups excluding carboxylic acids is 1. The fourth-order valence-corrected chi connectivity index (χ4v) is 3.47. The van der Waals surface area contributed by atoms with Crippen LogP contribution in [0.2, 0.25) is 5.02 Å². The predicted octanol–water partition coefficient (Wildman–Crippen LogP) is 5.08. The molecule has 1 amide bonds. The molecule has 116 valence electrons. The molecule has 1 unspecified atom stereocenters. The van der Waals surface area contributed by atoms with Crippen LogP contribution in [-0.4, -0.2) is 10.9 Å². The van der Waals surface area contributed by atoms with Gasteiger partial charge in [0.05, 0.1) is 11.6 Å². The fraction of sp³-hybridized carbons (Fsp3) is 0.0588. The second kappa shape index (κ2) is 7.25. The van der Waals surface area contributed by atoms with Crippen molar-refractivity contribution in [3.8, 4) is 0 Å². The Bertz CT molecular complexity index is 806. The maximum Gasteiger partial charge on any atom is 0.253 e. The van der Waals surface area contributed by atoms with Crippen molar-refractivity contribution in [1.82, 2.24) is 10.3 Å². The van der Waals surface area contributed by atoms with Gasteiger partial charge in [-0.3, -0.25) is 9.78 Å². The molecule has 0 bridgehead atoms. The first kappa shape index (κ1) is 16.2. The second-order valence-corrected chi connectivity index (χ2v) is 7.20. The maximum absolute atomic E-state index is 12.5. The van der Waals surface area contributed by atoms with Crippen molar-refractivity contribution in [2.75, 3.05) is 0 Å². The Morgan fingerprint density at radius 3 is 2.65 bits per heavy atom. The van der Waals surface area contributed by atoms with E-state index in [1.54, 1.807) is 29.8 Å². The van der Waals surface area contributed by atoms with E-state index in [4.69, 9.17) is 11.6 Å². The van der Waals surface area contributed by atoms with Gasteiger partial charge < -0.3 is 5.32 Å². The molecular formula is C17H12BrClN2OS. The van der Waals surface area contributed by atoms with E-state index in [9.17, 15) is 4.79 Å². The standard InChI is InChI=1S/C17H12BrClN2OS/c18-13-8-12(9-20-10-13)17(22)21-16(15-2-1-7-23-15)11-3-5-14(19)6-4-11/h1-10,16H,(H,21,22). The Labute approximate surface area is 151 Å². The monoisotopic (exact) mass is 406 g/mol. The smallest absolute Gasteiger partial charge is 0.253 e. The van der Waals surface area contributed by atoms with Crippen LogP contribution in [0.15, 0.2) is 64.7 Å². The Balaban J connectivity index is 1.90. The summed E-state index contributed by atoms with van der Waals surface area (Å²) in [5.74, 6) is -0.174. The summed E-state index contributed by atoms with van der Waals surface area (Å²) in [6, 6.07) is 13.0. The molecule has 2 heterocycles. The van der Waals surface area contributed by atoms with Crippen molar-refractivity contribution in [3.05, 3.63) is 85.7 Å². The third-order valence-electron chi connectivity index (χ3n) is 3.27. The van der Waals surface area contributed by atoms with Crippen LogP contribution >= 0.6 is 38.9 Å². The topological polar surface area (TPSA) is 42.0 Å². The Hall–Kier alpha value is -1.69. The van der Waals surface area contributed by atoms with E-state index in [1.165, 1.54) is 0 Å². The van der Waals surface area contributed by atoms with Crippen LogP contribution in [0.1, 0.15) is 26.8 Å². The van der Waals surface area contributed by atoms with E-state index < -0.39 is 0 Å². The maximum atomic E-state index is 12.5. The lowest BCUT2D eigenvalue weighted by Gasteiger charge is -2.18. The van der Waals surface area contributed by atoms with Gasteiger partial charge in [0.25, 0.3) is 5.91 Å². The van der Waals surface area contributed by atoms with Gasteiger partial charge >= 0.3 is 0 Å². The molecule has 1 N–H and O–H groups in total. The molecule has 0 saturated heterocycles. The zero-order valence-corrected chi connectivity index (χ0v) is 15.0. The minimum absolute atomic E-state index is 0.174. The highest BCUT2D eigenvalue weighted by atomic mass is 79.9. The van der Waals surface area contributed by atoms with Crippen LogP contribution in [0.3, 0.4) is 0 Å². The van der Waals surface area contributed by atoms with Crippen molar-refractivity contribution >= 4 is 44.8 Å². The Kier molecular flexibility index (Phi) is 5.10. The Morgan fingerprint density at radius 2 is 2.00 bits per heavy atom. The molecule has 3 rings (SSSR count). The number of pyridine rings is 1. The summed E-state index contributed by atoms with van der Waals surface area (Å²) in [6.07, 6.45) is 3.19.